The Kier molecular flexibility index (Phi) is 7.79. The van der Waals surface area contributed by atoms with Gasteiger partial charge in [-0.1, -0.05) is 0 Å². The summed E-state index contributed by atoms with van der Waals surface area (Å²) in [5, 5.41) is 8.70. The van der Waals surface area contributed by atoms with E-state index in [0.29, 0.717) is 11.7 Å². The van der Waals surface area contributed by atoms with Gasteiger partial charge < -0.3 is 27.1 Å². The summed E-state index contributed by atoms with van der Waals surface area (Å²) in [4.78, 5) is 15.5. The van der Waals surface area contributed by atoms with Crippen molar-refractivity contribution >= 4 is 46.4 Å². The highest BCUT2D eigenvalue weighted by atomic mass is 32.2. The van der Waals surface area contributed by atoms with E-state index in [9.17, 15) is 0 Å². The minimum absolute atomic E-state index is 0.0597. The van der Waals surface area contributed by atoms with Gasteiger partial charge in [0.15, 0.2) is 11.1 Å². The molecule has 0 fully saturated rings. The molecule has 1 atom stereocenters. The van der Waals surface area contributed by atoms with Gasteiger partial charge in [0.25, 0.3) is 0 Å². The number of aromatic nitrogens is 3. The van der Waals surface area contributed by atoms with Gasteiger partial charge in [-0.3, -0.25) is 0 Å². The number of thiazole rings is 1. The fourth-order valence-corrected chi connectivity index (χ4v) is 3.60. The molecule has 2 aromatic rings. The number of hydrogen-bond acceptors (Lipinski definition) is 6. The van der Waals surface area contributed by atoms with Crippen LogP contribution in [-0.2, 0) is 6.42 Å². The highest BCUT2D eigenvalue weighted by molar-refractivity contribution is 7.99. The summed E-state index contributed by atoms with van der Waals surface area (Å²) in [6.07, 6.45) is 4.31. The SMILES string of the molecule is NC(N)=NC(SCCNC(=S)NCCc1cnc[nH]1)c1cscn1. The van der Waals surface area contributed by atoms with Crippen LogP contribution in [0, 0.1) is 0 Å². The molecule has 0 aromatic carbocycles. The van der Waals surface area contributed by atoms with Crippen LogP contribution in [0.15, 0.2) is 28.4 Å². The van der Waals surface area contributed by atoms with E-state index in [1.54, 1.807) is 29.8 Å². The second kappa shape index (κ2) is 10.1. The van der Waals surface area contributed by atoms with Gasteiger partial charge >= 0.3 is 0 Å². The topological polar surface area (TPSA) is 130 Å². The quantitative estimate of drug-likeness (QED) is 0.184. The molecular weight excluding hydrogens is 364 g/mol. The number of aliphatic imine (C=N–C) groups is 1. The van der Waals surface area contributed by atoms with Gasteiger partial charge in [-0.25, -0.2) is 15.0 Å². The monoisotopic (exact) mass is 384 g/mol. The van der Waals surface area contributed by atoms with E-state index in [4.69, 9.17) is 23.7 Å². The molecule has 0 saturated heterocycles. The lowest BCUT2D eigenvalue weighted by molar-refractivity contribution is 0.818. The molecule has 11 heteroatoms. The van der Waals surface area contributed by atoms with Crippen LogP contribution in [0.2, 0.25) is 0 Å². The van der Waals surface area contributed by atoms with E-state index in [1.807, 2.05) is 5.38 Å². The molecule has 2 rings (SSSR count). The maximum absolute atomic E-state index is 5.48. The van der Waals surface area contributed by atoms with Crippen LogP contribution in [-0.4, -0.2) is 44.9 Å². The summed E-state index contributed by atoms with van der Waals surface area (Å²) in [6, 6.07) is 0. The highest BCUT2D eigenvalue weighted by Crippen LogP contribution is 2.29. The Morgan fingerprint density at radius 2 is 2.25 bits per heavy atom. The van der Waals surface area contributed by atoms with Crippen molar-refractivity contribution in [2.45, 2.75) is 11.8 Å². The molecule has 0 spiro atoms. The molecule has 0 aliphatic heterocycles. The molecule has 0 amide bonds. The lowest BCUT2D eigenvalue weighted by Gasteiger charge is -2.12. The summed E-state index contributed by atoms with van der Waals surface area (Å²) in [5.41, 5.74) is 14.7. The molecule has 130 valence electrons. The first-order chi connectivity index (χ1) is 11.6. The van der Waals surface area contributed by atoms with Crippen molar-refractivity contribution < 1.29 is 0 Å². The lowest BCUT2D eigenvalue weighted by Crippen LogP contribution is -2.37. The Morgan fingerprint density at radius 3 is 2.92 bits per heavy atom. The molecule has 2 heterocycles. The third kappa shape index (κ3) is 6.72. The van der Waals surface area contributed by atoms with Crippen LogP contribution in [0.5, 0.6) is 0 Å². The summed E-state index contributed by atoms with van der Waals surface area (Å²) < 4.78 is 0. The van der Waals surface area contributed by atoms with Gasteiger partial charge in [0, 0.05) is 42.5 Å². The average Bonchev–Trinajstić information content (AvgIpc) is 3.23. The Labute approximate surface area is 153 Å². The predicted octanol–water partition coefficient (Wildman–Crippen LogP) is 0.578. The molecule has 8 nitrogen and oxygen atoms in total. The number of thioether (sulfide) groups is 1. The molecule has 0 aliphatic carbocycles. The summed E-state index contributed by atoms with van der Waals surface area (Å²) >= 11 is 8.37. The average molecular weight is 385 g/mol. The first kappa shape index (κ1) is 18.5. The van der Waals surface area contributed by atoms with Crippen LogP contribution in [0.25, 0.3) is 0 Å². The van der Waals surface area contributed by atoms with Gasteiger partial charge in [-0.2, -0.15) is 0 Å². The van der Waals surface area contributed by atoms with Crippen LogP contribution in [0.3, 0.4) is 0 Å². The number of nitrogens with one attached hydrogen (secondary N) is 3. The normalized spacial score (nSPS) is 11.7. The van der Waals surface area contributed by atoms with Crippen LogP contribution in [0.4, 0.5) is 0 Å². The Balaban J connectivity index is 1.63. The van der Waals surface area contributed by atoms with E-state index < -0.39 is 0 Å². The number of guanidine groups is 1. The van der Waals surface area contributed by atoms with Crippen LogP contribution >= 0.6 is 35.3 Å². The van der Waals surface area contributed by atoms with Gasteiger partial charge in [0.05, 0.1) is 17.5 Å². The zero-order chi connectivity index (χ0) is 17.2. The maximum Gasteiger partial charge on any atom is 0.187 e. The third-order valence-electron chi connectivity index (χ3n) is 2.87. The van der Waals surface area contributed by atoms with E-state index in [2.05, 4.69) is 30.6 Å². The fourth-order valence-electron chi connectivity index (χ4n) is 1.80. The van der Waals surface area contributed by atoms with Crippen LogP contribution < -0.4 is 22.1 Å². The molecule has 0 saturated carbocycles. The van der Waals surface area contributed by atoms with Gasteiger partial charge in [0.1, 0.15) is 5.37 Å². The molecule has 7 N–H and O–H groups in total. The smallest absolute Gasteiger partial charge is 0.187 e. The Morgan fingerprint density at radius 1 is 1.42 bits per heavy atom. The van der Waals surface area contributed by atoms with E-state index in [1.165, 1.54) is 11.3 Å². The van der Waals surface area contributed by atoms with E-state index in [0.717, 1.165) is 30.1 Å². The predicted molar refractivity (Wildman–Crippen MR) is 104 cm³/mol. The van der Waals surface area contributed by atoms with Gasteiger partial charge in [0.2, 0.25) is 0 Å². The second-order valence-corrected chi connectivity index (χ2v) is 7.01. The van der Waals surface area contributed by atoms with Crippen molar-refractivity contribution in [2.24, 2.45) is 16.5 Å². The first-order valence-corrected chi connectivity index (χ1v) is 9.62. The zero-order valence-corrected chi connectivity index (χ0v) is 15.4. The number of imidazole rings is 1. The molecule has 2 aromatic heterocycles. The van der Waals surface area contributed by atoms with Crippen molar-refractivity contribution in [3.8, 4) is 0 Å². The number of nitrogens with zero attached hydrogens (tertiary/aromatic N) is 3. The largest absolute Gasteiger partial charge is 0.370 e. The molecule has 0 aliphatic rings. The van der Waals surface area contributed by atoms with Gasteiger partial charge in [-0.15, -0.1) is 23.1 Å². The molecule has 1 unspecified atom stereocenters. The Hall–Kier alpha value is -1.85. The van der Waals surface area contributed by atoms with E-state index >= 15 is 0 Å². The highest BCUT2D eigenvalue weighted by Gasteiger charge is 2.12. The zero-order valence-electron chi connectivity index (χ0n) is 12.9. The summed E-state index contributed by atoms with van der Waals surface area (Å²) in [6.45, 7) is 1.46. The number of hydrogen-bond donors (Lipinski definition) is 5. The minimum Gasteiger partial charge on any atom is -0.370 e. The summed E-state index contributed by atoms with van der Waals surface area (Å²) in [7, 11) is 0. The molecular formula is C13H20N8S3. The van der Waals surface area contributed by atoms with Crippen molar-refractivity contribution in [3.05, 3.63) is 34.8 Å². The molecule has 0 bridgehead atoms. The second-order valence-electron chi connectivity index (χ2n) is 4.70. The maximum atomic E-state index is 5.48. The first-order valence-electron chi connectivity index (χ1n) is 7.22. The van der Waals surface area contributed by atoms with Gasteiger partial charge in [-0.05, 0) is 12.2 Å². The standard InChI is InChI=1S/C13H20N8S3/c14-12(15)21-11(10-6-23-8-20-10)24-4-3-18-13(22)17-2-1-9-5-16-7-19-9/h5-8,11H,1-4H2,(H,16,19)(H4,14,15,21)(H2,17,18,22). The number of H-pyrrole nitrogens is 1. The Bertz CT molecular complexity index is 622. The lowest BCUT2D eigenvalue weighted by atomic mass is 10.3. The third-order valence-corrected chi connectivity index (χ3v) is 4.86. The number of rotatable bonds is 9. The van der Waals surface area contributed by atoms with E-state index in [-0.39, 0.29) is 11.3 Å². The van der Waals surface area contributed by atoms with Crippen molar-refractivity contribution in [1.82, 2.24) is 25.6 Å². The van der Waals surface area contributed by atoms with Crippen molar-refractivity contribution in [2.75, 3.05) is 18.8 Å². The number of aromatic amines is 1. The molecule has 24 heavy (non-hydrogen) atoms. The minimum atomic E-state index is -0.190. The fraction of sp³-hybridized carbons (Fsp3) is 0.385. The number of nitrogens with two attached hydrogens (primary N) is 2. The summed E-state index contributed by atoms with van der Waals surface area (Å²) in [5.74, 6) is 0.853. The molecule has 0 radical (unpaired) electrons. The van der Waals surface area contributed by atoms with Crippen LogP contribution in [0.1, 0.15) is 16.8 Å². The number of thiocarbonyl (C=S) groups is 1. The van der Waals surface area contributed by atoms with Crippen molar-refractivity contribution in [1.29, 1.82) is 0 Å². The van der Waals surface area contributed by atoms with Crippen molar-refractivity contribution in [3.63, 3.8) is 0 Å².